The van der Waals surface area contributed by atoms with Crippen LogP contribution in [0.4, 0.5) is 0 Å². The van der Waals surface area contributed by atoms with Crippen LogP contribution in [0.5, 0.6) is 5.75 Å². The van der Waals surface area contributed by atoms with Crippen molar-refractivity contribution in [2.24, 2.45) is 0 Å². The average Bonchev–Trinajstić information content (AvgIpc) is 2.65. The molecule has 4 heteroatoms. The molecule has 1 aliphatic rings. The van der Waals surface area contributed by atoms with Gasteiger partial charge in [-0.15, -0.1) is 0 Å². The molecule has 1 N–H and O–H groups in total. The molecule has 0 radical (unpaired) electrons. The first-order chi connectivity index (χ1) is 11.7. The van der Waals surface area contributed by atoms with Crippen molar-refractivity contribution in [2.45, 2.75) is 32.4 Å². The van der Waals surface area contributed by atoms with Crippen LogP contribution in [0.3, 0.4) is 0 Å². The number of hydrogen-bond acceptors (Lipinski definition) is 3. The lowest BCUT2D eigenvalue weighted by atomic mass is 10.00. The van der Waals surface area contributed by atoms with Gasteiger partial charge in [-0.05, 0) is 41.7 Å². The highest BCUT2D eigenvalue weighted by Gasteiger charge is 2.20. The molecule has 0 fully saturated rings. The fraction of sp³-hybridized carbons (Fsp3) is 0.350. The fourth-order valence-electron chi connectivity index (χ4n) is 2.97. The lowest BCUT2D eigenvalue weighted by Gasteiger charge is -2.28. The Kier molecular flexibility index (Phi) is 5.16. The lowest BCUT2D eigenvalue weighted by molar-refractivity contribution is -0.134. The number of fused-ring (bicyclic) bond motifs is 1. The third-order valence-electron chi connectivity index (χ3n) is 4.50. The van der Waals surface area contributed by atoms with Gasteiger partial charge in [0, 0.05) is 13.1 Å². The van der Waals surface area contributed by atoms with Crippen LogP contribution in [-0.4, -0.2) is 29.1 Å². The second-order valence-electron chi connectivity index (χ2n) is 6.12. The summed E-state index contributed by atoms with van der Waals surface area (Å²) in [5, 5.41) is 9.79. The lowest BCUT2D eigenvalue weighted by Crippen LogP contribution is -2.38. The summed E-state index contributed by atoms with van der Waals surface area (Å²) in [5.41, 5.74) is 3.41. The van der Waals surface area contributed by atoms with Crippen molar-refractivity contribution in [2.75, 3.05) is 13.2 Å². The van der Waals surface area contributed by atoms with Crippen molar-refractivity contribution in [1.82, 2.24) is 4.90 Å². The van der Waals surface area contributed by atoms with Gasteiger partial charge in [0.05, 0.1) is 6.10 Å². The van der Waals surface area contributed by atoms with Gasteiger partial charge in [0.25, 0.3) is 5.91 Å². The molecule has 1 unspecified atom stereocenters. The number of hydrogen-bond donors (Lipinski definition) is 1. The van der Waals surface area contributed by atoms with Crippen molar-refractivity contribution in [3.8, 4) is 5.75 Å². The van der Waals surface area contributed by atoms with Crippen molar-refractivity contribution in [1.29, 1.82) is 0 Å². The second-order valence-corrected chi connectivity index (χ2v) is 6.12. The molecule has 126 valence electrons. The molecular formula is C20H23NO3. The van der Waals surface area contributed by atoms with Crippen LogP contribution in [0.15, 0.2) is 48.5 Å². The minimum absolute atomic E-state index is 0.00201. The third-order valence-corrected chi connectivity index (χ3v) is 4.50. The van der Waals surface area contributed by atoms with Gasteiger partial charge in [-0.3, -0.25) is 4.79 Å². The van der Waals surface area contributed by atoms with Gasteiger partial charge >= 0.3 is 0 Å². The largest absolute Gasteiger partial charge is 0.484 e. The normalized spacial score (nSPS) is 14.8. The topological polar surface area (TPSA) is 49.8 Å². The molecule has 1 amide bonds. The van der Waals surface area contributed by atoms with Crippen molar-refractivity contribution < 1.29 is 14.6 Å². The van der Waals surface area contributed by atoms with E-state index in [1.807, 2.05) is 36.1 Å². The molecule has 2 aromatic rings. The molecule has 0 saturated carbocycles. The summed E-state index contributed by atoms with van der Waals surface area (Å²) in [6, 6.07) is 15.5. The highest BCUT2D eigenvalue weighted by molar-refractivity contribution is 5.78. The Morgan fingerprint density at radius 1 is 1.17 bits per heavy atom. The Morgan fingerprint density at radius 3 is 2.58 bits per heavy atom. The molecule has 0 aliphatic carbocycles. The van der Waals surface area contributed by atoms with Crippen molar-refractivity contribution in [3.63, 3.8) is 0 Å². The van der Waals surface area contributed by atoms with Gasteiger partial charge in [0.15, 0.2) is 6.61 Å². The van der Waals surface area contributed by atoms with Gasteiger partial charge in [-0.25, -0.2) is 0 Å². The smallest absolute Gasteiger partial charge is 0.260 e. The minimum atomic E-state index is -0.450. The molecule has 24 heavy (non-hydrogen) atoms. The summed E-state index contributed by atoms with van der Waals surface area (Å²) in [7, 11) is 0. The summed E-state index contributed by atoms with van der Waals surface area (Å²) in [5.74, 6) is 0.648. The van der Waals surface area contributed by atoms with Crippen LogP contribution in [0.1, 0.15) is 36.1 Å². The van der Waals surface area contributed by atoms with Gasteiger partial charge in [0.2, 0.25) is 0 Å². The number of carbonyl (C=O) groups excluding carboxylic acids is 1. The predicted molar refractivity (Wildman–Crippen MR) is 92.8 cm³/mol. The zero-order valence-electron chi connectivity index (χ0n) is 13.9. The molecule has 1 heterocycles. The predicted octanol–water partition coefficient (Wildman–Crippen LogP) is 3.09. The van der Waals surface area contributed by atoms with Crippen molar-refractivity contribution >= 4 is 5.91 Å². The quantitative estimate of drug-likeness (QED) is 0.919. The molecule has 3 rings (SSSR count). The maximum Gasteiger partial charge on any atom is 0.260 e. The van der Waals surface area contributed by atoms with E-state index in [4.69, 9.17) is 4.74 Å². The van der Waals surface area contributed by atoms with E-state index >= 15 is 0 Å². The number of nitrogens with zero attached hydrogens (tertiary/aromatic N) is 1. The van der Waals surface area contributed by atoms with E-state index in [2.05, 4.69) is 12.1 Å². The highest BCUT2D eigenvalue weighted by atomic mass is 16.5. The van der Waals surface area contributed by atoms with Crippen LogP contribution < -0.4 is 4.74 Å². The van der Waals surface area contributed by atoms with Gasteiger partial charge in [-0.1, -0.05) is 43.3 Å². The van der Waals surface area contributed by atoms with Crippen LogP contribution in [-0.2, 0) is 17.8 Å². The van der Waals surface area contributed by atoms with Gasteiger partial charge in [-0.2, -0.15) is 0 Å². The van der Waals surface area contributed by atoms with Gasteiger partial charge in [0.1, 0.15) is 5.75 Å². The third kappa shape index (κ3) is 3.77. The number of ether oxygens (including phenoxy) is 1. The minimum Gasteiger partial charge on any atom is -0.484 e. The van der Waals surface area contributed by atoms with E-state index in [9.17, 15) is 9.90 Å². The van der Waals surface area contributed by atoms with E-state index in [0.717, 1.165) is 18.5 Å². The summed E-state index contributed by atoms with van der Waals surface area (Å²) in [6.07, 6.45) is 1.12. The first-order valence-corrected chi connectivity index (χ1v) is 8.42. The Labute approximate surface area is 142 Å². The summed E-state index contributed by atoms with van der Waals surface area (Å²) in [4.78, 5) is 14.2. The molecule has 0 saturated heterocycles. The zero-order valence-corrected chi connectivity index (χ0v) is 13.9. The van der Waals surface area contributed by atoms with Crippen molar-refractivity contribution in [3.05, 3.63) is 65.2 Å². The maximum atomic E-state index is 12.4. The van der Waals surface area contributed by atoms with E-state index in [0.29, 0.717) is 18.7 Å². The van der Waals surface area contributed by atoms with Crippen LogP contribution in [0.2, 0.25) is 0 Å². The maximum absolute atomic E-state index is 12.4. The molecule has 0 spiro atoms. The summed E-state index contributed by atoms with van der Waals surface area (Å²) < 4.78 is 5.60. The first kappa shape index (κ1) is 16.5. The number of amides is 1. The number of benzene rings is 2. The molecular weight excluding hydrogens is 302 g/mol. The van der Waals surface area contributed by atoms with Crippen LogP contribution in [0.25, 0.3) is 0 Å². The first-order valence-electron chi connectivity index (χ1n) is 8.42. The van der Waals surface area contributed by atoms with E-state index in [1.54, 1.807) is 12.1 Å². The van der Waals surface area contributed by atoms with Gasteiger partial charge < -0.3 is 14.7 Å². The zero-order chi connectivity index (χ0) is 16.9. The highest BCUT2D eigenvalue weighted by Crippen LogP contribution is 2.21. The molecule has 0 aromatic heterocycles. The van der Waals surface area contributed by atoms with E-state index in [1.165, 1.54) is 11.1 Å². The van der Waals surface area contributed by atoms with E-state index < -0.39 is 6.10 Å². The number of aliphatic hydroxyl groups is 1. The van der Waals surface area contributed by atoms with Crippen LogP contribution in [0, 0.1) is 0 Å². The molecule has 4 nitrogen and oxygen atoms in total. The molecule has 1 aliphatic heterocycles. The Morgan fingerprint density at radius 2 is 1.88 bits per heavy atom. The number of carbonyl (C=O) groups is 1. The number of rotatable bonds is 5. The molecule has 1 atom stereocenters. The monoisotopic (exact) mass is 325 g/mol. The Hall–Kier alpha value is -2.33. The van der Waals surface area contributed by atoms with Crippen LogP contribution >= 0.6 is 0 Å². The number of aliphatic hydroxyl groups excluding tert-OH is 1. The van der Waals surface area contributed by atoms with E-state index in [-0.39, 0.29) is 12.5 Å². The summed E-state index contributed by atoms with van der Waals surface area (Å²) in [6.45, 7) is 3.36. The SMILES string of the molecule is CCC(O)c1ccc(OCC(=O)N2CCc3ccccc3C2)cc1. The Balaban J connectivity index is 1.54. The Bertz CT molecular complexity index is 696. The second kappa shape index (κ2) is 7.49. The standard InChI is InChI=1S/C20H23NO3/c1-2-19(22)16-7-9-18(10-8-16)24-14-20(23)21-12-11-15-5-3-4-6-17(15)13-21/h3-10,19,22H,2,11-14H2,1H3. The molecule has 0 bridgehead atoms. The average molecular weight is 325 g/mol. The summed E-state index contributed by atoms with van der Waals surface area (Å²) >= 11 is 0. The molecule has 2 aromatic carbocycles. The fourth-order valence-corrected chi connectivity index (χ4v) is 2.97.